The van der Waals surface area contributed by atoms with Crippen molar-refractivity contribution in [2.75, 3.05) is 25.6 Å². The molecule has 0 saturated carbocycles. The zero-order valence-corrected chi connectivity index (χ0v) is 15.6. The molecule has 0 aromatic heterocycles. The van der Waals surface area contributed by atoms with Crippen LogP contribution in [0.3, 0.4) is 0 Å². The van der Waals surface area contributed by atoms with E-state index in [0.717, 1.165) is 10.0 Å². The maximum Gasteiger partial charge on any atom is 0.248 e. The van der Waals surface area contributed by atoms with E-state index in [-0.39, 0.29) is 17.9 Å². The third-order valence-electron chi connectivity index (χ3n) is 3.82. The van der Waals surface area contributed by atoms with Crippen LogP contribution in [0.15, 0.2) is 34.8 Å². The summed E-state index contributed by atoms with van der Waals surface area (Å²) in [4.78, 5) is 23.8. The molecule has 3 rings (SSSR count). The molecule has 0 atom stereocenters. The first kappa shape index (κ1) is 18.1. The molecule has 0 fully saturated rings. The maximum absolute atomic E-state index is 12.5. The lowest BCUT2D eigenvalue weighted by Crippen LogP contribution is -2.18. The van der Waals surface area contributed by atoms with E-state index in [1.165, 1.54) is 19.2 Å². The van der Waals surface area contributed by atoms with Crippen LogP contribution in [0.2, 0.25) is 0 Å². The number of methoxy groups -OCH3 is 1. The van der Waals surface area contributed by atoms with Crippen LogP contribution in [0.4, 0.5) is 5.69 Å². The molecule has 26 heavy (non-hydrogen) atoms. The summed E-state index contributed by atoms with van der Waals surface area (Å²) in [5.74, 6) is 0.822. The van der Waals surface area contributed by atoms with Gasteiger partial charge in [-0.25, -0.2) is 0 Å². The molecule has 0 aliphatic carbocycles. The summed E-state index contributed by atoms with van der Waals surface area (Å²) in [6.45, 7) is 0.965. The summed E-state index contributed by atoms with van der Waals surface area (Å²) >= 11 is 3.45. The first-order chi connectivity index (χ1) is 12.5. The van der Waals surface area contributed by atoms with Crippen molar-refractivity contribution in [2.45, 2.75) is 6.42 Å². The molecular weight excluding hydrogens is 404 g/mol. The van der Waals surface area contributed by atoms with Crippen molar-refractivity contribution >= 4 is 33.4 Å². The highest BCUT2D eigenvalue weighted by Crippen LogP contribution is 2.36. The Balaban J connectivity index is 1.79. The Morgan fingerprint density at radius 2 is 1.88 bits per heavy atom. The number of hydrogen-bond acceptors (Lipinski definition) is 5. The van der Waals surface area contributed by atoms with E-state index in [1.54, 1.807) is 18.2 Å². The molecular formula is C18H17BrN2O5. The average molecular weight is 421 g/mol. The standard InChI is InChI=1S/C18H17BrN2O5/c1-24-14-3-2-10(18(20)23)6-13(14)21-17(22)8-11-7-15-16(9-12(11)19)26-5-4-25-15/h2-3,6-7,9H,4-5,8H2,1H3,(H2,20,23)(H,21,22). The minimum absolute atomic E-state index is 0.0984. The number of nitrogens with two attached hydrogens (primary N) is 1. The Morgan fingerprint density at radius 3 is 2.54 bits per heavy atom. The van der Waals surface area contributed by atoms with Crippen molar-refractivity contribution in [2.24, 2.45) is 5.73 Å². The van der Waals surface area contributed by atoms with Gasteiger partial charge in [0.05, 0.1) is 19.2 Å². The molecule has 8 heteroatoms. The van der Waals surface area contributed by atoms with E-state index >= 15 is 0 Å². The molecule has 1 aliphatic heterocycles. The summed E-state index contributed by atoms with van der Waals surface area (Å²) in [5, 5.41) is 2.75. The fourth-order valence-electron chi connectivity index (χ4n) is 2.57. The van der Waals surface area contributed by atoms with E-state index in [0.29, 0.717) is 36.1 Å². The van der Waals surface area contributed by atoms with Crippen LogP contribution < -0.4 is 25.3 Å². The fraction of sp³-hybridized carbons (Fsp3) is 0.222. The number of primary amides is 1. The minimum atomic E-state index is -0.585. The van der Waals surface area contributed by atoms with Crippen molar-refractivity contribution < 1.29 is 23.8 Å². The van der Waals surface area contributed by atoms with Gasteiger partial charge in [0, 0.05) is 10.0 Å². The molecule has 2 aromatic rings. The van der Waals surface area contributed by atoms with E-state index in [1.807, 2.05) is 0 Å². The number of halogens is 1. The number of benzene rings is 2. The molecule has 2 aromatic carbocycles. The van der Waals surface area contributed by atoms with Gasteiger partial charge in [0.25, 0.3) is 0 Å². The molecule has 1 heterocycles. The van der Waals surface area contributed by atoms with Gasteiger partial charge in [-0.2, -0.15) is 0 Å². The summed E-state index contributed by atoms with van der Waals surface area (Å²) in [7, 11) is 1.48. The second-order valence-electron chi connectivity index (χ2n) is 5.59. The predicted octanol–water partition coefficient (Wildman–Crippen LogP) is 2.51. The fourth-order valence-corrected chi connectivity index (χ4v) is 3.03. The predicted molar refractivity (Wildman–Crippen MR) is 99.0 cm³/mol. The van der Waals surface area contributed by atoms with Crippen LogP contribution in [0.25, 0.3) is 0 Å². The molecule has 0 unspecified atom stereocenters. The van der Waals surface area contributed by atoms with Crippen molar-refractivity contribution in [1.82, 2.24) is 0 Å². The molecule has 136 valence electrons. The summed E-state index contributed by atoms with van der Waals surface area (Å²) < 4.78 is 17.0. The lowest BCUT2D eigenvalue weighted by Gasteiger charge is -2.20. The van der Waals surface area contributed by atoms with Gasteiger partial charge in [0.15, 0.2) is 11.5 Å². The monoisotopic (exact) mass is 420 g/mol. The zero-order valence-electron chi connectivity index (χ0n) is 14.0. The van der Waals surface area contributed by atoms with E-state index in [4.69, 9.17) is 19.9 Å². The number of fused-ring (bicyclic) bond motifs is 1. The molecule has 0 spiro atoms. The first-order valence-electron chi connectivity index (χ1n) is 7.83. The largest absolute Gasteiger partial charge is 0.495 e. The number of hydrogen-bond donors (Lipinski definition) is 2. The van der Waals surface area contributed by atoms with Crippen molar-refractivity contribution in [3.05, 3.63) is 45.9 Å². The summed E-state index contributed by atoms with van der Waals surface area (Å²) in [5.41, 5.74) is 6.69. The smallest absolute Gasteiger partial charge is 0.248 e. The van der Waals surface area contributed by atoms with Gasteiger partial charge >= 0.3 is 0 Å². The second-order valence-corrected chi connectivity index (χ2v) is 6.45. The number of ether oxygens (including phenoxy) is 3. The molecule has 3 N–H and O–H groups in total. The first-order valence-corrected chi connectivity index (χ1v) is 8.63. The highest BCUT2D eigenvalue weighted by Gasteiger charge is 2.17. The lowest BCUT2D eigenvalue weighted by molar-refractivity contribution is -0.115. The second kappa shape index (κ2) is 7.65. The lowest BCUT2D eigenvalue weighted by atomic mass is 10.1. The molecule has 1 aliphatic rings. The SMILES string of the molecule is COc1ccc(C(N)=O)cc1NC(=O)Cc1cc2c(cc1Br)OCCO2. The number of rotatable bonds is 5. The number of nitrogens with one attached hydrogen (secondary N) is 1. The molecule has 0 saturated heterocycles. The number of carbonyl (C=O) groups is 2. The molecule has 0 bridgehead atoms. The normalized spacial score (nSPS) is 12.4. The van der Waals surface area contributed by atoms with E-state index in [9.17, 15) is 9.59 Å². The highest BCUT2D eigenvalue weighted by atomic mass is 79.9. The van der Waals surface area contributed by atoms with Gasteiger partial charge in [-0.3, -0.25) is 9.59 Å². The van der Waals surface area contributed by atoms with Crippen LogP contribution in [0.1, 0.15) is 15.9 Å². The van der Waals surface area contributed by atoms with Gasteiger partial charge in [0.2, 0.25) is 11.8 Å². The topological polar surface area (TPSA) is 99.9 Å². The van der Waals surface area contributed by atoms with Crippen molar-refractivity contribution in [3.63, 3.8) is 0 Å². The zero-order chi connectivity index (χ0) is 18.7. The van der Waals surface area contributed by atoms with Crippen molar-refractivity contribution in [1.29, 1.82) is 0 Å². The van der Waals surface area contributed by atoms with Crippen LogP contribution in [-0.2, 0) is 11.2 Å². The van der Waals surface area contributed by atoms with E-state index < -0.39 is 5.91 Å². The number of anilines is 1. The Morgan fingerprint density at radius 1 is 1.19 bits per heavy atom. The molecule has 7 nitrogen and oxygen atoms in total. The summed E-state index contributed by atoms with van der Waals surface area (Å²) in [6.07, 6.45) is 0.0984. The van der Waals surface area contributed by atoms with Gasteiger partial charge in [-0.1, -0.05) is 15.9 Å². The number of carbonyl (C=O) groups excluding carboxylic acids is 2. The third kappa shape index (κ3) is 3.91. The average Bonchev–Trinajstić information content (AvgIpc) is 2.62. The summed E-state index contributed by atoms with van der Waals surface area (Å²) in [6, 6.07) is 8.16. The Labute approximate surface area is 158 Å². The minimum Gasteiger partial charge on any atom is -0.495 e. The van der Waals surface area contributed by atoms with Gasteiger partial charge in [0.1, 0.15) is 19.0 Å². The molecule has 0 radical (unpaired) electrons. The Hall–Kier alpha value is -2.74. The maximum atomic E-state index is 12.5. The van der Waals surface area contributed by atoms with E-state index in [2.05, 4.69) is 21.2 Å². The number of amides is 2. The van der Waals surface area contributed by atoms with Crippen molar-refractivity contribution in [3.8, 4) is 17.2 Å². The van der Waals surface area contributed by atoms with Gasteiger partial charge in [-0.05, 0) is 35.9 Å². The quantitative estimate of drug-likeness (QED) is 0.773. The van der Waals surface area contributed by atoms with Crippen LogP contribution in [-0.4, -0.2) is 32.1 Å². The Bertz CT molecular complexity index is 869. The third-order valence-corrected chi connectivity index (χ3v) is 4.56. The van der Waals surface area contributed by atoms with Crippen LogP contribution in [0, 0.1) is 0 Å². The van der Waals surface area contributed by atoms with Gasteiger partial charge < -0.3 is 25.3 Å². The Kier molecular flexibility index (Phi) is 5.32. The van der Waals surface area contributed by atoms with Crippen LogP contribution >= 0.6 is 15.9 Å². The van der Waals surface area contributed by atoms with Crippen LogP contribution in [0.5, 0.6) is 17.2 Å². The van der Waals surface area contributed by atoms with Gasteiger partial charge in [-0.15, -0.1) is 0 Å². The molecule has 2 amide bonds. The highest BCUT2D eigenvalue weighted by molar-refractivity contribution is 9.10.